The molecule has 1 saturated heterocycles. The minimum Gasteiger partial charge on any atom is -0.491 e. The van der Waals surface area contributed by atoms with Gasteiger partial charge in [0.25, 0.3) is 0 Å². The fourth-order valence-corrected chi connectivity index (χ4v) is 2.09. The third kappa shape index (κ3) is 4.03. The molecule has 19 heavy (non-hydrogen) atoms. The van der Waals surface area contributed by atoms with Crippen molar-refractivity contribution in [3.8, 4) is 5.75 Å². The van der Waals surface area contributed by atoms with Crippen LogP contribution in [0, 0.1) is 11.6 Å². The van der Waals surface area contributed by atoms with E-state index in [4.69, 9.17) is 4.74 Å². The van der Waals surface area contributed by atoms with E-state index in [1.165, 1.54) is 12.1 Å². The highest BCUT2D eigenvalue weighted by Crippen LogP contribution is 2.26. The van der Waals surface area contributed by atoms with Crippen LogP contribution in [0.4, 0.5) is 8.78 Å². The topological polar surface area (TPSA) is 33.3 Å². The van der Waals surface area contributed by atoms with Gasteiger partial charge in [-0.05, 0) is 13.8 Å². The van der Waals surface area contributed by atoms with E-state index < -0.39 is 11.6 Å². The maximum Gasteiger partial charge on any atom is 0.134 e. The molecular weight excluding hydrogens is 274 g/mol. The zero-order valence-electron chi connectivity index (χ0n) is 11.0. The van der Waals surface area contributed by atoms with E-state index in [1.54, 1.807) is 0 Å². The van der Waals surface area contributed by atoms with E-state index in [2.05, 4.69) is 10.6 Å². The number of halogens is 3. The zero-order valence-corrected chi connectivity index (χ0v) is 11.8. The molecular formula is C13H19ClF2N2O. The Kier molecular flexibility index (Phi) is 5.97. The van der Waals surface area contributed by atoms with E-state index in [0.717, 1.165) is 6.54 Å². The van der Waals surface area contributed by atoms with Crippen molar-refractivity contribution in [2.24, 2.45) is 0 Å². The van der Waals surface area contributed by atoms with Crippen LogP contribution in [0.1, 0.15) is 25.5 Å². The van der Waals surface area contributed by atoms with Gasteiger partial charge in [-0.15, -0.1) is 12.4 Å². The lowest BCUT2D eigenvalue weighted by Gasteiger charge is -2.25. The first-order chi connectivity index (χ1) is 8.58. The zero-order chi connectivity index (χ0) is 13.1. The molecule has 0 radical (unpaired) electrons. The molecule has 3 nitrogen and oxygen atoms in total. The molecule has 0 saturated carbocycles. The number of hydrogen-bond donors (Lipinski definition) is 2. The monoisotopic (exact) mass is 292 g/mol. The molecule has 1 unspecified atom stereocenters. The molecule has 0 aromatic heterocycles. The van der Waals surface area contributed by atoms with Crippen LogP contribution in [0.5, 0.6) is 5.75 Å². The van der Waals surface area contributed by atoms with Gasteiger partial charge in [-0.3, -0.25) is 0 Å². The van der Waals surface area contributed by atoms with Crippen molar-refractivity contribution in [1.29, 1.82) is 0 Å². The van der Waals surface area contributed by atoms with Crippen LogP contribution in [0.15, 0.2) is 12.1 Å². The van der Waals surface area contributed by atoms with Crippen molar-refractivity contribution in [3.63, 3.8) is 0 Å². The second kappa shape index (κ2) is 7.03. The fourth-order valence-electron chi connectivity index (χ4n) is 2.09. The Labute approximate surface area is 118 Å². The molecule has 1 heterocycles. The van der Waals surface area contributed by atoms with Gasteiger partial charge in [-0.2, -0.15) is 0 Å². The standard InChI is InChI=1S/C13H18F2N2O.ClH/c1-8(2)18-9-5-10(14)13(11(15)6-9)12-7-16-3-4-17-12;/h5-6,8,12,16-17H,3-4,7H2,1-2H3;1H. The van der Waals surface area contributed by atoms with Gasteiger partial charge in [-0.1, -0.05) is 0 Å². The minimum atomic E-state index is -0.563. The molecule has 1 aliphatic rings. The van der Waals surface area contributed by atoms with Gasteiger partial charge in [-0.25, -0.2) is 8.78 Å². The maximum absolute atomic E-state index is 14.0. The highest BCUT2D eigenvalue weighted by molar-refractivity contribution is 5.85. The molecule has 0 amide bonds. The van der Waals surface area contributed by atoms with Crippen LogP contribution >= 0.6 is 12.4 Å². The highest BCUT2D eigenvalue weighted by atomic mass is 35.5. The summed E-state index contributed by atoms with van der Waals surface area (Å²) in [7, 11) is 0. The molecule has 2 rings (SSSR count). The summed E-state index contributed by atoms with van der Waals surface area (Å²) < 4.78 is 33.2. The molecule has 0 bridgehead atoms. The summed E-state index contributed by atoms with van der Waals surface area (Å²) in [5, 5.41) is 6.20. The van der Waals surface area contributed by atoms with Crippen LogP contribution in [-0.4, -0.2) is 25.7 Å². The predicted octanol–water partition coefficient (Wildman–Crippen LogP) is 2.41. The summed E-state index contributed by atoms with van der Waals surface area (Å²) in [6, 6.07) is 2.16. The van der Waals surface area contributed by atoms with Gasteiger partial charge in [0, 0.05) is 37.3 Å². The largest absolute Gasteiger partial charge is 0.491 e. The Hall–Kier alpha value is -0.910. The normalized spacial score (nSPS) is 19.1. The molecule has 1 fully saturated rings. The summed E-state index contributed by atoms with van der Waals surface area (Å²) >= 11 is 0. The van der Waals surface area contributed by atoms with E-state index in [1.807, 2.05) is 13.8 Å². The smallest absolute Gasteiger partial charge is 0.134 e. The Bertz CT molecular complexity index is 400. The Morgan fingerprint density at radius 2 is 1.84 bits per heavy atom. The number of ether oxygens (including phenoxy) is 1. The lowest BCUT2D eigenvalue weighted by molar-refractivity contribution is 0.239. The quantitative estimate of drug-likeness (QED) is 0.897. The average molecular weight is 293 g/mol. The van der Waals surface area contributed by atoms with Crippen molar-refractivity contribution < 1.29 is 13.5 Å². The van der Waals surface area contributed by atoms with Crippen LogP contribution in [0.2, 0.25) is 0 Å². The van der Waals surface area contributed by atoms with E-state index in [-0.39, 0.29) is 35.9 Å². The Morgan fingerprint density at radius 3 is 2.32 bits per heavy atom. The average Bonchev–Trinajstić information content (AvgIpc) is 2.28. The lowest BCUT2D eigenvalue weighted by atomic mass is 10.0. The fraction of sp³-hybridized carbons (Fsp3) is 0.538. The maximum atomic E-state index is 14.0. The summed E-state index contributed by atoms with van der Waals surface area (Å²) in [5.74, 6) is -0.897. The lowest BCUT2D eigenvalue weighted by Crippen LogP contribution is -2.43. The van der Waals surface area contributed by atoms with Crippen LogP contribution < -0.4 is 15.4 Å². The second-order valence-electron chi connectivity index (χ2n) is 4.68. The molecule has 1 aliphatic heterocycles. The van der Waals surface area contributed by atoms with E-state index in [0.29, 0.717) is 13.1 Å². The minimum absolute atomic E-state index is 0. The van der Waals surface area contributed by atoms with Crippen LogP contribution in [-0.2, 0) is 0 Å². The molecule has 1 aromatic carbocycles. The Balaban J connectivity index is 0.00000180. The molecule has 6 heteroatoms. The molecule has 0 aliphatic carbocycles. The van der Waals surface area contributed by atoms with E-state index in [9.17, 15) is 8.78 Å². The molecule has 108 valence electrons. The number of benzene rings is 1. The highest BCUT2D eigenvalue weighted by Gasteiger charge is 2.23. The van der Waals surface area contributed by atoms with Crippen molar-refractivity contribution in [1.82, 2.24) is 10.6 Å². The van der Waals surface area contributed by atoms with Crippen LogP contribution in [0.3, 0.4) is 0 Å². The number of piperazine rings is 1. The second-order valence-corrected chi connectivity index (χ2v) is 4.68. The Morgan fingerprint density at radius 1 is 1.21 bits per heavy atom. The molecule has 0 spiro atoms. The van der Waals surface area contributed by atoms with Gasteiger partial charge in [0.2, 0.25) is 0 Å². The van der Waals surface area contributed by atoms with Crippen molar-refractivity contribution in [3.05, 3.63) is 29.3 Å². The third-order valence-corrected chi connectivity index (χ3v) is 2.81. The first kappa shape index (κ1) is 16.1. The third-order valence-electron chi connectivity index (χ3n) is 2.81. The van der Waals surface area contributed by atoms with Gasteiger partial charge in [0.1, 0.15) is 17.4 Å². The summed E-state index contributed by atoms with van der Waals surface area (Å²) in [5.41, 5.74) is 0.0818. The van der Waals surface area contributed by atoms with Crippen molar-refractivity contribution in [2.75, 3.05) is 19.6 Å². The van der Waals surface area contributed by atoms with Crippen molar-refractivity contribution >= 4 is 12.4 Å². The van der Waals surface area contributed by atoms with Crippen molar-refractivity contribution in [2.45, 2.75) is 26.0 Å². The van der Waals surface area contributed by atoms with Gasteiger partial charge >= 0.3 is 0 Å². The molecule has 2 N–H and O–H groups in total. The first-order valence-electron chi connectivity index (χ1n) is 6.17. The van der Waals surface area contributed by atoms with Gasteiger partial charge < -0.3 is 15.4 Å². The molecule has 1 atom stereocenters. The summed E-state index contributed by atoms with van der Waals surface area (Å²) in [6.45, 7) is 5.67. The van der Waals surface area contributed by atoms with E-state index >= 15 is 0 Å². The van der Waals surface area contributed by atoms with Crippen LogP contribution in [0.25, 0.3) is 0 Å². The number of hydrogen-bond acceptors (Lipinski definition) is 3. The number of rotatable bonds is 3. The molecule has 1 aromatic rings. The predicted molar refractivity (Wildman–Crippen MR) is 73.0 cm³/mol. The van der Waals surface area contributed by atoms with Gasteiger partial charge in [0.15, 0.2) is 0 Å². The van der Waals surface area contributed by atoms with Gasteiger partial charge in [0.05, 0.1) is 12.1 Å². The SMILES string of the molecule is CC(C)Oc1cc(F)c(C2CNCCN2)c(F)c1.Cl. The number of nitrogens with one attached hydrogen (secondary N) is 2. The summed E-state index contributed by atoms with van der Waals surface area (Å²) in [6.07, 6.45) is -0.107. The first-order valence-corrected chi connectivity index (χ1v) is 6.17. The summed E-state index contributed by atoms with van der Waals surface area (Å²) in [4.78, 5) is 0.